The fourth-order valence-corrected chi connectivity index (χ4v) is 4.65. The Bertz CT molecular complexity index is 1680. The van der Waals surface area contributed by atoms with Gasteiger partial charge in [0.05, 0.1) is 16.5 Å². The molecule has 0 atom stereocenters. The number of pyridine rings is 1. The summed E-state index contributed by atoms with van der Waals surface area (Å²) in [5.41, 5.74) is -2.77. The second-order valence-corrected chi connectivity index (χ2v) is 8.57. The van der Waals surface area contributed by atoms with Gasteiger partial charge in [-0.25, -0.2) is 4.79 Å². The molecule has 0 bridgehead atoms. The predicted molar refractivity (Wildman–Crippen MR) is 120 cm³/mol. The maximum atomic E-state index is 13.6. The molecule has 6 nitrogen and oxygen atoms in total. The first-order valence-electron chi connectivity index (χ1n) is 10.2. The molecule has 0 unspecified atom stereocenters. The molecular formula is C24H15F3N2O4S. The maximum Gasteiger partial charge on any atom is 0.416 e. The first-order valence-corrected chi connectivity index (χ1v) is 11.0. The third kappa shape index (κ3) is 3.69. The number of fused-ring (bicyclic) bond motifs is 3. The lowest BCUT2D eigenvalue weighted by molar-refractivity contribution is -0.137. The van der Waals surface area contributed by atoms with Gasteiger partial charge in [-0.05, 0) is 36.8 Å². The highest BCUT2D eigenvalue weighted by atomic mass is 32.2. The highest BCUT2D eigenvalue weighted by Crippen LogP contribution is 2.34. The minimum atomic E-state index is -4.62. The largest absolute Gasteiger partial charge is 0.505 e. The predicted octanol–water partition coefficient (Wildman–Crippen LogP) is 3.62. The lowest BCUT2D eigenvalue weighted by Crippen LogP contribution is -2.45. The minimum absolute atomic E-state index is 0.0640. The molecule has 1 N–H and O–H groups in total. The van der Waals surface area contributed by atoms with E-state index >= 15 is 0 Å². The van der Waals surface area contributed by atoms with Crippen LogP contribution in [0.25, 0.3) is 22.7 Å². The van der Waals surface area contributed by atoms with E-state index in [0.29, 0.717) is 17.9 Å². The third-order valence-corrected chi connectivity index (χ3v) is 6.38. The molecular weight excluding hydrogens is 469 g/mol. The van der Waals surface area contributed by atoms with Crippen LogP contribution in [0.3, 0.4) is 0 Å². The number of alkyl halides is 3. The maximum absolute atomic E-state index is 13.6. The molecule has 0 saturated heterocycles. The molecule has 10 heteroatoms. The Kier molecular flexibility index (Phi) is 5.32. The number of hydrogen-bond acceptors (Lipinski definition) is 6. The van der Waals surface area contributed by atoms with Gasteiger partial charge in [-0.3, -0.25) is 14.4 Å². The second-order valence-electron chi connectivity index (χ2n) is 7.49. The van der Waals surface area contributed by atoms with Gasteiger partial charge in [0.1, 0.15) is 15.8 Å². The van der Waals surface area contributed by atoms with E-state index in [1.165, 1.54) is 12.1 Å². The number of aromatic hydroxyl groups is 1. The zero-order valence-electron chi connectivity index (χ0n) is 17.3. The summed E-state index contributed by atoms with van der Waals surface area (Å²) in [6.45, 7) is 0.301. The normalized spacial score (nSPS) is 13.3. The number of nitrogens with zero attached hydrogens (tertiary/aromatic N) is 2. The number of hydrogen-bond donors (Lipinski definition) is 1. The highest BCUT2D eigenvalue weighted by Gasteiger charge is 2.31. The van der Waals surface area contributed by atoms with Crippen LogP contribution >= 0.6 is 11.8 Å². The molecule has 0 saturated carbocycles. The molecule has 1 aliphatic heterocycles. The summed E-state index contributed by atoms with van der Waals surface area (Å²) in [5, 5.41) is 11.0. The van der Waals surface area contributed by atoms with Gasteiger partial charge < -0.3 is 9.52 Å². The van der Waals surface area contributed by atoms with Gasteiger partial charge in [-0.15, -0.1) is 0 Å². The summed E-state index contributed by atoms with van der Waals surface area (Å²) < 4.78 is 46.5. The quantitative estimate of drug-likeness (QED) is 0.480. The number of rotatable bonds is 3. The topological polar surface area (TPSA) is 84.8 Å². The summed E-state index contributed by atoms with van der Waals surface area (Å²) >= 11 is 0.922. The van der Waals surface area contributed by atoms with Crippen molar-refractivity contribution in [2.75, 3.05) is 6.54 Å². The van der Waals surface area contributed by atoms with E-state index < -0.39 is 28.7 Å². The molecule has 0 radical (unpaired) electrons. The molecule has 4 aromatic rings. The van der Waals surface area contributed by atoms with Crippen molar-refractivity contribution >= 4 is 28.8 Å². The highest BCUT2D eigenvalue weighted by molar-refractivity contribution is 7.99. The van der Waals surface area contributed by atoms with E-state index in [4.69, 9.17) is 4.42 Å². The van der Waals surface area contributed by atoms with Crippen molar-refractivity contribution < 1.29 is 22.7 Å². The van der Waals surface area contributed by atoms with Gasteiger partial charge in [0.2, 0.25) is 0 Å². The Balaban J connectivity index is 1.86. The van der Waals surface area contributed by atoms with E-state index in [0.717, 1.165) is 28.5 Å². The molecule has 172 valence electrons. The van der Waals surface area contributed by atoms with Crippen LogP contribution in [0.1, 0.15) is 12.0 Å². The smallest absolute Gasteiger partial charge is 0.416 e. The molecule has 0 fully saturated rings. The van der Waals surface area contributed by atoms with Crippen molar-refractivity contribution in [2.24, 2.45) is 4.99 Å². The Morgan fingerprint density at radius 2 is 1.82 bits per heavy atom. The molecule has 5 rings (SSSR count). The molecule has 34 heavy (non-hydrogen) atoms. The number of aromatic nitrogens is 1. The monoisotopic (exact) mass is 484 g/mol. The van der Waals surface area contributed by atoms with Crippen molar-refractivity contribution in [3.8, 4) is 11.4 Å². The van der Waals surface area contributed by atoms with Gasteiger partial charge in [0, 0.05) is 11.4 Å². The van der Waals surface area contributed by atoms with E-state index in [1.54, 1.807) is 36.4 Å². The molecule has 2 aromatic heterocycles. The summed E-state index contributed by atoms with van der Waals surface area (Å²) in [4.78, 5) is 31.1. The lowest BCUT2D eigenvalue weighted by atomic mass is 10.1. The van der Waals surface area contributed by atoms with Gasteiger partial charge >= 0.3 is 11.8 Å². The van der Waals surface area contributed by atoms with Crippen LogP contribution in [0.2, 0.25) is 0 Å². The van der Waals surface area contributed by atoms with Crippen molar-refractivity contribution in [3.63, 3.8) is 0 Å². The van der Waals surface area contributed by atoms with Crippen LogP contribution in [-0.4, -0.2) is 16.2 Å². The third-order valence-electron chi connectivity index (χ3n) is 5.31. The average molecular weight is 484 g/mol. The van der Waals surface area contributed by atoms with Crippen molar-refractivity contribution in [3.05, 3.63) is 91.6 Å². The summed E-state index contributed by atoms with van der Waals surface area (Å²) in [5.74, 6) is -0.590. The van der Waals surface area contributed by atoms with Crippen LogP contribution in [-0.2, 0) is 6.18 Å². The van der Waals surface area contributed by atoms with E-state index in [2.05, 4.69) is 4.99 Å². The minimum Gasteiger partial charge on any atom is -0.505 e. The molecule has 2 aromatic carbocycles. The Morgan fingerprint density at radius 3 is 2.56 bits per heavy atom. The van der Waals surface area contributed by atoms with E-state index in [9.17, 15) is 27.9 Å². The fraction of sp³-hybridized carbons (Fsp3) is 0.125. The fourth-order valence-electron chi connectivity index (χ4n) is 3.80. The summed E-state index contributed by atoms with van der Waals surface area (Å²) in [6, 6.07) is 13.0. The molecule has 0 aliphatic carbocycles. The van der Waals surface area contributed by atoms with Crippen LogP contribution in [0, 0.1) is 0 Å². The Labute approximate surface area is 193 Å². The molecule has 3 heterocycles. The lowest BCUT2D eigenvalue weighted by Gasteiger charge is -2.15. The zero-order valence-corrected chi connectivity index (χ0v) is 18.1. The molecule has 0 amide bonds. The van der Waals surface area contributed by atoms with Gasteiger partial charge in [0.15, 0.2) is 11.3 Å². The van der Waals surface area contributed by atoms with Crippen LogP contribution in [0.5, 0.6) is 5.75 Å². The average Bonchev–Trinajstić information content (AvgIpc) is 2.82. The van der Waals surface area contributed by atoms with Crippen LogP contribution in [0.4, 0.5) is 13.2 Å². The molecule has 0 spiro atoms. The van der Waals surface area contributed by atoms with Crippen LogP contribution in [0.15, 0.2) is 83.4 Å². The summed E-state index contributed by atoms with van der Waals surface area (Å²) in [7, 11) is 0. The van der Waals surface area contributed by atoms with E-state index in [1.807, 2.05) is 0 Å². The Morgan fingerprint density at radius 1 is 1.06 bits per heavy atom. The number of halogens is 3. The van der Waals surface area contributed by atoms with E-state index in [-0.39, 0.29) is 32.3 Å². The standard InChI is InChI=1S/C24H15F3N2O4S/c25-24(26,27)13-6-4-7-14(12-13)29-21-16(10-5-11-28-21)19-17(22(29)31)18(30)20(23(32)33-19)34-15-8-2-1-3-9-15/h1-4,6-10,12,30H,5,11H2. The summed E-state index contributed by atoms with van der Waals surface area (Å²) in [6.07, 6.45) is -2.47. The van der Waals surface area contributed by atoms with Gasteiger partial charge in [-0.2, -0.15) is 13.2 Å². The SMILES string of the molecule is O=c1oc2c3c(n(-c4cccc(C(F)(F)F)c4)c(=O)c2c(O)c1Sc1ccccc1)=NCCC=3. The first kappa shape index (κ1) is 22.0. The van der Waals surface area contributed by atoms with Gasteiger partial charge in [0.25, 0.3) is 5.56 Å². The van der Waals surface area contributed by atoms with Crippen molar-refractivity contribution in [2.45, 2.75) is 22.4 Å². The zero-order chi connectivity index (χ0) is 24.0. The molecule has 1 aliphatic rings. The number of benzene rings is 2. The van der Waals surface area contributed by atoms with Crippen molar-refractivity contribution in [1.82, 2.24) is 4.57 Å². The van der Waals surface area contributed by atoms with Crippen molar-refractivity contribution in [1.29, 1.82) is 0 Å². The Hall–Kier alpha value is -3.79. The first-order chi connectivity index (χ1) is 16.3. The van der Waals surface area contributed by atoms with Crippen LogP contribution < -0.4 is 21.9 Å². The van der Waals surface area contributed by atoms with Gasteiger partial charge in [-0.1, -0.05) is 42.1 Å². The second kappa shape index (κ2) is 8.21.